The van der Waals surface area contributed by atoms with Crippen LogP contribution in [0.3, 0.4) is 0 Å². The lowest BCUT2D eigenvalue weighted by molar-refractivity contribution is 0.482. The number of benzene rings is 1. The van der Waals surface area contributed by atoms with E-state index in [0.29, 0.717) is 5.69 Å². The van der Waals surface area contributed by atoms with Gasteiger partial charge >= 0.3 is 0 Å². The van der Waals surface area contributed by atoms with Gasteiger partial charge in [-0.1, -0.05) is 6.07 Å². The summed E-state index contributed by atoms with van der Waals surface area (Å²) >= 11 is 0. The topological polar surface area (TPSA) is 133 Å². The summed E-state index contributed by atoms with van der Waals surface area (Å²) in [5.41, 5.74) is 1.40. The van der Waals surface area contributed by atoms with Crippen LogP contribution in [0.2, 0.25) is 0 Å². The molecule has 110 valence electrons. The van der Waals surface area contributed by atoms with Crippen LogP contribution in [-0.2, 0) is 10.1 Å². The molecule has 1 aromatic rings. The van der Waals surface area contributed by atoms with Crippen LogP contribution in [0, 0.1) is 6.92 Å². The zero-order valence-corrected chi connectivity index (χ0v) is 11.5. The minimum Gasteiger partial charge on any atom is -0.412 e. The molecule has 1 saturated heterocycles. The predicted octanol–water partition coefficient (Wildman–Crippen LogP) is -0.998. The Labute approximate surface area is 112 Å². The molecule has 19 heavy (non-hydrogen) atoms. The van der Waals surface area contributed by atoms with Crippen molar-refractivity contribution in [3.05, 3.63) is 23.8 Å². The normalized spacial score (nSPS) is 15.4. The molecule has 0 amide bonds. The van der Waals surface area contributed by atoms with Crippen LogP contribution in [0.4, 0.5) is 5.69 Å². The fraction of sp³-hybridized carbons (Fsp3) is 0.455. The van der Waals surface area contributed by atoms with E-state index in [9.17, 15) is 13.0 Å². The zero-order valence-electron chi connectivity index (χ0n) is 10.7. The van der Waals surface area contributed by atoms with E-state index in [0.717, 1.165) is 31.7 Å². The van der Waals surface area contributed by atoms with Gasteiger partial charge in [-0.2, -0.15) is 8.42 Å². The maximum Gasteiger partial charge on any atom is 0.296 e. The van der Waals surface area contributed by atoms with Crippen molar-refractivity contribution in [1.82, 2.24) is 5.32 Å². The molecule has 7 nitrogen and oxygen atoms in total. The quantitative estimate of drug-likeness (QED) is 0.675. The largest absolute Gasteiger partial charge is 0.412 e. The molecule has 0 atom stereocenters. The molecule has 1 aromatic carbocycles. The molecule has 1 heterocycles. The Bertz CT molecular complexity index is 512. The second-order valence-corrected chi connectivity index (χ2v) is 5.57. The average molecular weight is 292 g/mol. The van der Waals surface area contributed by atoms with Crippen LogP contribution in [-0.4, -0.2) is 50.1 Å². The van der Waals surface area contributed by atoms with Crippen molar-refractivity contribution in [1.29, 1.82) is 0 Å². The average Bonchev–Trinajstić information content (AvgIpc) is 2.29. The van der Waals surface area contributed by atoms with Gasteiger partial charge in [0.25, 0.3) is 10.1 Å². The number of piperazine rings is 1. The van der Waals surface area contributed by atoms with Gasteiger partial charge in [-0.15, -0.1) is 0 Å². The smallest absolute Gasteiger partial charge is 0.296 e. The summed E-state index contributed by atoms with van der Waals surface area (Å²) in [5, 5.41) is 3.20. The maximum absolute atomic E-state index is 11.4. The molecule has 1 aliphatic rings. The Morgan fingerprint density at radius 3 is 2.32 bits per heavy atom. The Hall–Kier alpha value is -1.19. The van der Waals surface area contributed by atoms with E-state index in [-0.39, 0.29) is 15.8 Å². The first kappa shape index (κ1) is 17.8. The van der Waals surface area contributed by atoms with E-state index in [1.807, 2.05) is 11.0 Å². The predicted molar refractivity (Wildman–Crippen MR) is 73.3 cm³/mol. The molecule has 0 saturated carbocycles. The highest BCUT2D eigenvalue weighted by molar-refractivity contribution is 7.86. The van der Waals surface area contributed by atoms with Gasteiger partial charge in [0.15, 0.2) is 0 Å². The van der Waals surface area contributed by atoms with E-state index in [1.165, 1.54) is 6.07 Å². The Morgan fingerprint density at radius 2 is 1.79 bits per heavy atom. The van der Waals surface area contributed by atoms with Crippen molar-refractivity contribution >= 4 is 15.8 Å². The van der Waals surface area contributed by atoms with Crippen LogP contribution >= 0.6 is 0 Å². The summed E-state index contributed by atoms with van der Waals surface area (Å²) < 4.78 is 32.0. The van der Waals surface area contributed by atoms with Gasteiger partial charge in [-0.3, -0.25) is 4.55 Å². The summed E-state index contributed by atoms with van der Waals surface area (Å²) in [4.78, 5) is 1.97. The number of nitrogens with zero attached hydrogens (tertiary/aromatic N) is 1. The molecule has 2 rings (SSSR count). The van der Waals surface area contributed by atoms with Gasteiger partial charge in [-0.05, 0) is 24.6 Å². The number of hydrogen-bond donors (Lipinski definition) is 2. The van der Waals surface area contributed by atoms with Crippen LogP contribution in [0.15, 0.2) is 23.1 Å². The molecule has 0 aromatic heterocycles. The molecular formula is C11H20N2O5S. The maximum atomic E-state index is 11.4. The summed E-state index contributed by atoms with van der Waals surface area (Å²) in [6.07, 6.45) is 0. The second-order valence-electron chi connectivity index (χ2n) is 4.18. The van der Waals surface area contributed by atoms with Crippen molar-refractivity contribution in [3.63, 3.8) is 0 Å². The number of anilines is 1. The number of rotatable bonds is 2. The molecule has 8 heteroatoms. The first-order chi connectivity index (χ1) is 7.98. The SMILES string of the molecule is Cc1ccc(N2CCNCC2)c(S(=O)(=O)O)c1.O.O. The summed E-state index contributed by atoms with van der Waals surface area (Å²) in [6, 6.07) is 5.11. The van der Waals surface area contributed by atoms with E-state index in [2.05, 4.69) is 5.32 Å². The third-order valence-electron chi connectivity index (χ3n) is 2.85. The molecule has 0 radical (unpaired) electrons. The van der Waals surface area contributed by atoms with Gasteiger partial charge in [0, 0.05) is 26.2 Å². The van der Waals surface area contributed by atoms with Gasteiger partial charge in [-0.25, -0.2) is 0 Å². The minimum atomic E-state index is -4.17. The highest BCUT2D eigenvalue weighted by Crippen LogP contribution is 2.26. The number of aryl methyl sites for hydroxylation is 1. The van der Waals surface area contributed by atoms with Gasteiger partial charge in [0.2, 0.25) is 0 Å². The van der Waals surface area contributed by atoms with E-state index < -0.39 is 10.1 Å². The Balaban J connectivity index is 0.00000162. The highest BCUT2D eigenvalue weighted by Gasteiger charge is 2.21. The van der Waals surface area contributed by atoms with Gasteiger partial charge in [0.05, 0.1) is 5.69 Å². The molecule has 1 fully saturated rings. The zero-order chi connectivity index (χ0) is 12.5. The molecule has 6 N–H and O–H groups in total. The summed E-state index contributed by atoms with van der Waals surface area (Å²) in [6.45, 7) is 4.92. The molecular weight excluding hydrogens is 272 g/mol. The van der Waals surface area contributed by atoms with Crippen LogP contribution in [0.25, 0.3) is 0 Å². The lowest BCUT2D eigenvalue weighted by atomic mass is 10.2. The third-order valence-corrected chi connectivity index (χ3v) is 3.73. The van der Waals surface area contributed by atoms with Crippen molar-refractivity contribution in [2.45, 2.75) is 11.8 Å². The third kappa shape index (κ3) is 4.15. The van der Waals surface area contributed by atoms with Gasteiger partial charge < -0.3 is 21.2 Å². The fourth-order valence-electron chi connectivity index (χ4n) is 1.99. The number of hydrogen-bond acceptors (Lipinski definition) is 4. The minimum absolute atomic E-state index is 0. The van der Waals surface area contributed by atoms with Crippen LogP contribution < -0.4 is 10.2 Å². The highest BCUT2D eigenvalue weighted by atomic mass is 32.2. The van der Waals surface area contributed by atoms with E-state index in [1.54, 1.807) is 13.0 Å². The van der Waals surface area contributed by atoms with Crippen molar-refractivity contribution < 1.29 is 23.9 Å². The first-order valence-electron chi connectivity index (χ1n) is 5.52. The number of nitrogens with one attached hydrogen (secondary N) is 1. The van der Waals surface area contributed by atoms with Crippen molar-refractivity contribution in [3.8, 4) is 0 Å². The monoisotopic (exact) mass is 292 g/mol. The first-order valence-corrected chi connectivity index (χ1v) is 6.96. The lowest BCUT2D eigenvalue weighted by Crippen LogP contribution is -2.44. The molecule has 0 aliphatic carbocycles. The van der Waals surface area contributed by atoms with Crippen molar-refractivity contribution in [2.75, 3.05) is 31.1 Å². The van der Waals surface area contributed by atoms with Gasteiger partial charge in [0.1, 0.15) is 4.90 Å². The lowest BCUT2D eigenvalue weighted by Gasteiger charge is -2.30. The van der Waals surface area contributed by atoms with Crippen molar-refractivity contribution in [2.24, 2.45) is 0 Å². The molecule has 1 aliphatic heterocycles. The van der Waals surface area contributed by atoms with E-state index in [4.69, 9.17) is 0 Å². The van der Waals surface area contributed by atoms with Crippen LogP contribution in [0.1, 0.15) is 5.56 Å². The second kappa shape index (κ2) is 6.83. The summed E-state index contributed by atoms with van der Waals surface area (Å²) in [7, 11) is -4.17. The Morgan fingerprint density at radius 1 is 1.21 bits per heavy atom. The molecule has 0 bridgehead atoms. The van der Waals surface area contributed by atoms with Crippen LogP contribution in [0.5, 0.6) is 0 Å². The fourth-order valence-corrected chi connectivity index (χ4v) is 2.79. The molecule has 0 spiro atoms. The standard InChI is InChI=1S/C11H16N2O3S.2H2O/c1-9-2-3-10(11(8-9)17(14,15)16)13-6-4-12-5-7-13;;/h2-3,8,12H,4-7H2,1H3,(H,14,15,16);2*1H2. The Kier molecular flexibility index (Phi) is 6.40. The molecule has 0 unspecified atom stereocenters. The van der Waals surface area contributed by atoms with E-state index >= 15 is 0 Å². The summed E-state index contributed by atoms with van der Waals surface area (Å²) in [5.74, 6) is 0.